The zero-order valence-corrected chi connectivity index (χ0v) is 23.8. The van der Waals surface area contributed by atoms with Gasteiger partial charge in [0.25, 0.3) is 0 Å². The number of nitrogens with zero attached hydrogens (tertiary/aromatic N) is 1. The third kappa shape index (κ3) is 7.20. The van der Waals surface area contributed by atoms with E-state index in [9.17, 15) is 9.90 Å². The zero-order valence-electron chi connectivity index (χ0n) is 23.8. The number of benzene rings is 2. The summed E-state index contributed by atoms with van der Waals surface area (Å²) in [4.78, 5) is 14.4. The number of hydrogen-bond donors (Lipinski definition) is 2. The molecule has 1 fully saturated rings. The van der Waals surface area contributed by atoms with Crippen molar-refractivity contribution in [3.05, 3.63) is 57.6 Å². The predicted octanol–water partition coefficient (Wildman–Crippen LogP) is 7.01. The van der Waals surface area contributed by atoms with Crippen LogP contribution in [0.4, 0.5) is 0 Å². The summed E-state index contributed by atoms with van der Waals surface area (Å²) in [6.07, 6.45) is 6.33. The fourth-order valence-corrected chi connectivity index (χ4v) is 5.83. The third-order valence-electron chi connectivity index (χ3n) is 7.90. The largest absolute Gasteiger partial charge is 0.481 e. The highest BCUT2D eigenvalue weighted by molar-refractivity contribution is 5.81. The van der Waals surface area contributed by atoms with Crippen molar-refractivity contribution < 1.29 is 15.0 Å². The second-order valence-electron chi connectivity index (χ2n) is 12.8. The van der Waals surface area contributed by atoms with Crippen LogP contribution in [0, 0.1) is 26.2 Å². The van der Waals surface area contributed by atoms with Crippen LogP contribution in [0.25, 0.3) is 11.1 Å². The van der Waals surface area contributed by atoms with Gasteiger partial charge in [0.2, 0.25) is 0 Å². The molecule has 0 unspecified atom stereocenters. The van der Waals surface area contributed by atoms with E-state index >= 15 is 0 Å². The molecular weight excluding hydrogens is 446 g/mol. The van der Waals surface area contributed by atoms with Gasteiger partial charge in [0.15, 0.2) is 0 Å². The van der Waals surface area contributed by atoms with E-state index in [1.54, 1.807) is 20.8 Å². The number of rotatable bonds is 4. The number of hydrogen-bond acceptors (Lipinski definition) is 3. The Balaban J connectivity index is 0.000000658. The molecule has 0 radical (unpaired) electrons. The van der Waals surface area contributed by atoms with Gasteiger partial charge < -0.3 is 10.2 Å². The number of aliphatic carboxylic acids is 1. The fourth-order valence-electron chi connectivity index (χ4n) is 5.83. The first-order valence-electron chi connectivity index (χ1n) is 13.6. The molecule has 0 atom stereocenters. The van der Waals surface area contributed by atoms with Gasteiger partial charge in [0.05, 0.1) is 12.0 Å². The average molecular weight is 494 g/mol. The molecule has 4 heteroatoms. The second-order valence-corrected chi connectivity index (χ2v) is 12.8. The van der Waals surface area contributed by atoms with Crippen LogP contribution in [0.1, 0.15) is 93.7 Å². The van der Waals surface area contributed by atoms with Crippen LogP contribution in [0.15, 0.2) is 24.3 Å². The molecule has 198 valence electrons. The van der Waals surface area contributed by atoms with Crippen molar-refractivity contribution >= 4 is 5.97 Å². The van der Waals surface area contributed by atoms with E-state index in [1.165, 1.54) is 53.5 Å². The normalized spacial score (nSPS) is 18.2. The Hall–Kier alpha value is -2.17. The first kappa shape index (κ1) is 28.4. The molecule has 0 aromatic heterocycles. The first-order chi connectivity index (χ1) is 16.7. The lowest BCUT2D eigenvalue weighted by atomic mass is 9.74. The highest BCUT2D eigenvalue weighted by Crippen LogP contribution is 2.41. The van der Waals surface area contributed by atoms with Gasteiger partial charge in [-0.2, -0.15) is 0 Å². The molecule has 2 aliphatic rings. The number of fused-ring (bicyclic) bond motifs is 1. The minimum Gasteiger partial charge on any atom is -0.481 e. The number of carboxylic acid groups (broad SMARTS) is 1. The molecule has 1 aliphatic carbocycles. The maximum absolute atomic E-state index is 11.7. The predicted molar refractivity (Wildman–Crippen MR) is 150 cm³/mol. The molecule has 1 heterocycles. The van der Waals surface area contributed by atoms with Gasteiger partial charge in [-0.15, -0.1) is 0 Å². The monoisotopic (exact) mass is 493 g/mol. The Morgan fingerprint density at radius 3 is 2.08 bits per heavy atom. The van der Waals surface area contributed by atoms with Crippen molar-refractivity contribution in [2.45, 2.75) is 112 Å². The van der Waals surface area contributed by atoms with Crippen LogP contribution in [0.3, 0.4) is 0 Å². The van der Waals surface area contributed by atoms with Gasteiger partial charge >= 0.3 is 5.97 Å². The van der Waals surface area contributed by atoms with Gasteiger partial charge in [0, 0.05) is 19.1 Å². The zero-order chi connectivity index (χ0) is 26.8. The van der Waals surface area contributed by atoms with Crippen LogP contribution in [-0.2, 0) is 24.2 Å². The van der Waals surface area contributed by atoms with Crippen LogP contribution < -0.4 is 0 Å². The summed E-state index contributed by atoms with van der Waals surface area (Å²) in [5.41, 5.74) is 9.82. The Kier molecular flexibility index (Phi) is 8.73. The Labute approximate surface area is 218 Å². The average Bonchev–Trinajstić information content (AvgIpc) is 2.77. The maximum atomic E-state index is 11.7. The Morgan fingerprint density at radius 2 is 1.56 bits per heavy atom. The van der Waals surface area contributed by atoms with Crippen molar-refractivity contribution in [3.8, 4) is 11.1 Å². The van der Waals surface area contributed by atoms with Crippen molar-refractivity contribution in [2.75, 3.05) is 6.54 Å². The molecule has 2 N–H and O–H groups in total. The van der Waals surface area contributed by atoms with Crippen LogP contribution in [0.2, 0.25) is 0 Å². The van der Waals surface area contributed by atoms with Gasteiger partial charge in [0.1, 0.15) is 0 Å². The van der Waals surface area contributed by atoms with Crippen molar-refractivity contribution in [3.63, 3.8) is 0 Å². The summed E-state index contributed by atoms with van der Waals surface area (Å²) in [5, 5.41) is 18.2. The Morgan fingerprint density at radius 1 is 1.00 bits per heavy atom. The van der Waals surface area contributed by atoms with Crippen molar-refractivity contribution in [2.24, 2.45) is 5.41 Å². The van der Waals surface area contributed by atoms with Gasteiger partial charge in [-0.3, -0.25) is 9.69 Å². The standard InChI is InChI=1S/C28H37NO2.C4H10O/c1-18-6-8-21(9-7-18)27-20(3)25-17-29(22-10-13-28(4,5)14-11-22)15-12-23(25)19(2)24(27)16-26(30)31;1-4(2,3)5/h6-9,22H,10-17H2,1-5H3,(H,30,31);5H,1-3H3. The summed E-state index contributed by atoms with van der Waals surface area (Å²) in [6, 6.07) is 9.24. The van der Waals surface area contributed by atoms with Crippen molar-refractivity contribution in [1.82, 2.24) is 4.90 Å². The lowest BCUT2D eigenvalue weighted by Crippen LogP contribution is -2.43. The number of aliphatic hydroxyl groups is 1. The van der Waals surface area contributed by atoms with Crippen LogP contribution >= 0.6 is 0 Å². The lowest BCUT2D eigenvalue weighted by molar-refractivity contribution is -0.136. The van der Waals surface area contributed by atoms with Crippen LogP contribution in [-0.4, -0.2) is 39.3 Å². The third-order valence-corrected chi connectivity index (χ3v) is 7.90. The molecule has 1 saturated carbocycles. The number of aryl methyl sites for hydroxylation is 1. The van der Waals surface area contributed by atoms with Crippen molar-refractivity contribution in [1.29, 1.82) is 0 Å². The summed E-state index contributed by atoms with van der Waals surface area (Å²) < 4.78 is 0. The van der Waals surface area contributed by atoms with E-state index in [1.807, 2.05) is 0 Å². The molecule has 0 amide bonds. The molecule has 4 rings (SSSR count). The van der Waals surface area contributed by atoms with E-state index in [-0.39, 0.29) is 6.42 Å². The molecule has 0 saturated heterocycles. The minimum absolute atomic E-state index is 0.0879. The minimum atomic E-state index is -0.752. The van der Waals surface area contributed by atoms with Gasteiger partial charge in [-0.1, -0.05) is 43.7 Å². The fraction of sp³-hybridized carbons (Fsp3) is 0.594. The Bertz CT molecular complexity index is 1060. The molecule has 0 bridgehead atoms. The van der Waals surface area contributed by atoms with E-state index < -0.39 is 11.6 Å². The highest BCUT2D eigenvalue weighted by Gasteiger charge is 2.33. The molecule has 2 aromatic rings. The van der Waals surface area contributed by atoms with E-state index in [0.29, 0.717) is 11.5 Å². The molecule has 2 aromatic carbocycles. The SMILES string of the molecule is CC(C)(C)O.Cc1ccc(-c2c(C)c3c(c(C)c2CC(=O)O)CCN(C2CCC(C)(C)CC2)C3)cc1. The van der Waals surface area contributed by atoms with Crippen LogP contribution in [0.5, 0.6) is 0 Å². The smallest absolute Gasteiger partial charge is 0.307 e. The van der Waals surface area contributed by atoms with E-state index in [2.05, 4.69) is 63.8 Å². The molecule has 4 nitrogen and oxygen atoms in total. The highest BCUT2D eigenvalue weighted by atomic mass is 16.4. The summed E-state index contributed by atoms with van der Waals surface area (Å²) >= 11 is 0. The first-order valence-corrected chi connectivity index (χ1v) is 13.6. The molecule has 36 heavy (non-hydrogen) atoms. The van der Waals surface area contributed by atoms with Gasteiger partial charge in [-0.25, -0.2) is 0 Å². The summed E-state index contributed by atoms with van der Waals surface area (Å²) in [5.74, 6) is -0.752. The number of carboxylic acids is 1. The summed E-state index contributed by atoms with van der Waals surface area (Å²) in [7, 11) is 0. The molecule has 0 spiro atoms. The molecular formula is C32H47NO3. The lowest BCUT2D eigenvalue weighted by Gasteiger charge is -2.43. The molecule has 1 aliphatic heterocycles. The quantitative estimate of drug-likeness (QED) is 0.481. The van der Waals surface area contributed by atoms with E-state index in [0.717, 1.165) is 36.2 Å². The van der Waals surface area contributed by atoms with E-state index in [4.69, 9.17) is 5.11 Å². The topological polar surface area (TPSA) is 60.8 Å². The number of carbonyl (C=O) groups is 1. The maximum Gasteiger partial charge on any atom is 0.307 e. The van der Waals surface area contributed by atoms with Gasteiger partial charge in [-0.05, 0) is 118 Å². The summed E-state index contributed by atoms with van der Waals surface area (Å²) in [6.45, 7) is 18.6. The second kappa shape index (κ2) is 11.1.